The van der Waals surface area contributed by atoms with Crippen molar-refractivity contribution < 1.29 is 4.79 Å². The second-order valence-electron chi connectivity index (χ2n) is 3.78. The molecule has 3 nitrogen and oxygen atoms in total. The van der Waals surface area contributed by atoms with Crippen molar-refractivity contribution in [2.24, 2.45) is 4.99 Å². The molecule has 2 aliphatic heterocycles. The standard InChI is InChI=1S/C13H10N2O/c1-9-11-7-8-14-12(11)15(13(9)16)10-5-3-2-4-6-10/h2-8H,1H3. The number of rotatable bonds is 1. The van der Waals surface area contributed by atoms with Crippen LogP contribution in [0, 0.1) is 0 Å². The Bertz CT molecular complexity index is 553. The molecule has 0 N–H and O–H groups in total. The summed E-state index contributed by atoms with van der Waals surface area (Å²) >= 11 is 0. The Morgan fingerprint density at radius 3 is 2.69 bits per heavy atom. The maximum Gasteiger partial charge on any atom is 0.260 e. The van der Waals surface area contributed by atoms with Crippen molar-refractivity contribution in [1.82, 2.24) is 0 Å². The Morgan fingerprint density at radius 2 is 1.94 bits per heavy atom. The molecule has 2 aliphatic rings. The van der Waals surface area contributed by atoms with E-state index in [4.69, 9.17) is 0 Å². The van der Waals surface area contributed by atoms with Gasteiger partial charge in [-0.15, -0.1) is 0 Å². The van der Waals surface area contributed by atoms with Crippen molar-refractivity contribution >= 4 is 17.4 Å². The lowest BCUT2D eigenvalue weighted by Crippen LogP contribution is -2.30. The molecule has 1 amide bonds. The van der Waals surface area contributed by atoms with Gasteiger partial charge in [0.2, 0.25) is 0 Å². The summed E-state index contributed by atoms with van der Waals surface area (Å²) in [5.74, 6) is 0.762. The first kappa shape index (κ1) is 9.09. The number of hydrogen-bond acceptors (Lipinski definition) is 2. The minimum Gasteiger partial charge on any atom is -0.269 e. The molecule has 0 bridgehead atoms. The average molecular weight is 210 g/mol. The van der Waals surface area contributed by atoms with Gasteiger partial charge in [-0.25, -0.2) is 4.99 Å². The highest BCUT2D eigenvalue weighted by atomic mass is 16.2. The first-order valence-corrected chi connectivity index (χ1v) is 5.14. The van der Waals surface area contributed by atoms with Gasteiger partial charge in [0.05, 0.1) is 5.69 Å². The zero-order valence-electron chi connectivity index (χ0n) is 8.84. The molecule has 0 unspecified atom stereocenters. The van der Waals surface area contributed by atoms with Crippen LogP contribution in [0.25, 0.3) is 0 Å². The van der Waals surface area contributed by atoms with Gasteiger partial charge < -0.3 is 0 Å². The fourth-order valence-electron chi connectivity index (χ4n) is 1.99. The third-order valence-electron chi connectivity index (χ3n) is 2.83. The lowest BCUT2D eigenvalue weighted by molar-refractivity contribution is -0.113. The highest BCUT2D eigenvalue weighted by molar-refractivity contribution is 6.36. The van der Waals surface area contributed by atoms with E-state index in [1.54, 1.807) is 11.1 Å². The maximum absolute atomic E-state index is 12.1. The van der Waals surface area contributed by atoms with Gasteiger partial charge in [-0.1, -0.05) is 18.2 Å². The van der Waals surface area contributed by atoms with Gasteiger partial charge in [0.1, 0.15) is 5.84 Å². The van der Waals surface area contributed by atoms with Crippen molar-refractivity contribution in [2.45, 2.75) is 6.92 Å². The van der Waals surface area contributed by atoms with E-state index in [0.717, 1.165) is 22.7 Å². The van der Waals surface area contributed by atoms with Crippen molar-refractivity contribution in [1.29, 1.82) is 0 Å². The zero-order valence-corrected chi connectivity index (χ0v) is 8.84. The van der Waals surface area contributed by atoms with E-state index < -0.39 is 0 Å². The molecule has 3 rings (SSSR count). The fourth-order valence-corrected chi connectivity index (χ4v) is 1.99. The van der Waals surface area contributed by atoms with Crippen LogP contribution in [-0.4, -0.2) is 11.7 Å². The Labute approximate surface area is 93.4 Å². The number of aliphatic imine (C=N–C) groups is 1. The van der Waals surface area contributed by atoms with E-state index in [9.17, 15) is 4.79 Å². The monoisotopic (exact) mass is 210 g/mol. The molecule has 2 heterocycles. The highest BCUT2D eigenvalue weighted by Gasteiger charge is 2.34. The van der Waals surface area contributed by atoms with E-state index in [-0.39, 0.29) is 5.91 Å². The number of carbonyl (C=O) groups excluding carboxylic acids is 1. The van der Waals surface area contributed by atoms with Crippen molar-refractivity contribution in [2.75, 3.05) is 4.90 Å². The Balaban J connectivity index is 2.11. The molecule has 0 atom stereocenters. The van der Waals surface area contributed by atoms with Gasteiger partial charge in [-0.2, -0.15) is 0 Å². The van der Waals surface area contributed by atoms with Gasteiger partial charge in [-0.3, -0.25) is 9.69 Å². The first-order chi connectivity index (χ1) is 7.79. The minimum atomic E-state index is 0.0179. The van der Waals surface area contributed by atoms with Gasteiger partial charge in [0, 0.05) is 17.3 Å². The summed E-state index contributed by atoms with van der Waals surface area (Å²) in [5.41, 5.74) is 2.56. The van der Waals surface area contributed by atoms with Crippen molar-refractivity contribution in [3.63, 3.8) is 0 Å². The Morgan fingerprint density at radius 1 is 1.19 bits per heavy atom. The molecule has 16 heavy (non-hydrogen) atoms. The summed E-state index contributed by atoms with van der Waals surface area (Å²) in [7, 11) is 0. The highest BCUT2D eigenvalue weighted by Crippen LogP contribution is 2.30. The van der Waals surface area contributed by atoms with Gasteiger partial charge >= 0.3 is 0 Å². The second-order valence-corrected chi connectivity index (χ2v) is 3.78. The molecule has 0 radical (unpaired) electrons. The lowest BCUT2D eigenvalue weighted by atomic mass is 10.2. The zero-order chi connectivity index (χ0) is 11.1. The molecular weight excluding hydrogens is 200 g/mol. The molecule has 1 aromatic carbocycles. The number of amidine groups is 1. The van der Waals surface area contributed by atoms with Gasteiger partial charge in [-0.05, 0) is 25.1 Å². The molecule has 3 heteroatoms. The maximum atomic E-state index is 12.1. The van der Waals surface area contributed by atoms with Crippen LogP contribution in [0.15, 0.2) is 58.7 Å². The SMILES string of the molecule is CC1=C2C=CN=C2N(c2ccccc2)C1=O. The van der Waals surface area contributed by atoms with E-state index in [0.29, 0.717) is 0 Å². The number of nitrogens with zero attached hydrogens (tertiary/aromatic N) is 2. The number of anilines is 1. The van der Waals surface area contributed by atoms with Crippen LogP contribution in [0.5, 0.6) is 0 Å². The van der Waals surface area contributed by atoms with Crippen LogP contribution < -0.4 is 4.90 Å². The van der Waals surface area contributed by atoms with Crippen LogP contribution in [-0.2, 0) is 4.79 Å². The van der Waals surface area contributed by atoms with Crippen LogP contribution in [0.1, 0.15) is 6.92 Å². The smallest absolute Gasteiger partial charge is 0.260 e. The van der Waals surface area contributed by atoms with Crippen LogP contribution in [0.2, 0.25) is 0 Å². The van der Waals surface area contributed by atoms with Crippen molar-refractivity contribution in [3.8, 4) is 0 Å². The van der Waals surface area contributed by atoms with E-state index >= 15 is 0 Å². The quantitative estimate of drug-likeness (QED) is 0.699. The number of fused-ring (bicyclic) bond motifs is 1. The predicted molar refractivity (Wildman–Crippen MR) is 63.2 cm³/mol. The van der Waals surface area contributed by atoms with Crippen LogP contribution >= 0.6 is 0 Å². The summed E-state index contributed by atoms with van der Waals surface area (Å²) in [6.07, 6.45) is 3.61. The molecule has 1 aromatic rings. The molecule has 0 fully saturated rings. The molecule has 0 aliphatic carbocycles. The summed E-state index contributed by atoms with van der Waals surface area (Å²) in [5, 5.41) is 0. The summed E-state index contributed by atoms with van der Waals surface area (Å²) < 4.78 is 0. The molecular formula is C13H10N2O. The normalized spacial score (nSPS) is 18.2. The van der Waals surface area contributed by atoms with Crippen molar-refractivity contribution in [3.05, 3.63) is 53.8 Å². The number of hydrogen-bond donors (Lipinski definition) is 0. The van der Waals surface area contributed by atoms with E-state index in [1.807, 2.05) is 43.3 Å². The van der Waals surface area contributed by atoms with Gasteiger partial charge in [0.25, 0.3) is 5.91 Å². The Hall–Kier alpha value is -2.16. The average Bonchev–Trinajstić information content (AvgIpc) is 2.86. The van der Waals surface area contributed by atoms with Gasteiger partial charge in [0.15, 0.2) is 0 Å². The molecule has 0 aromatic heterocycles. The molecule has 0 spiro atoms. The largest absolute Gasteiger partial charge is 0.269 e. The van der Waals surface area contributed by atoms with Crippen LogP contribution in [0.4, 0.5) is 5.69 Å². The third kappa shape index (κ3) is 1.08. The predicted octanol–water partition coefficient (Wildman–Crippen LogP) is 2.28. The summed E-state index contributed by atoms with van der Waals surface area (Å²) in [6, 6.07) is 9.58. The first-order valence-electron chi connectivity index (χ1n) is 5.14. The lowest BCUT2D eigenvalue weighted by Gasteiger charge is -2.16. The molecule has 0 saturated heterocycles. The second kappa shape index (κ2) is 3.17. The Kier molecular flexibility index (Phi) is 1.80. The number of amides is 1. The third-order valence-corrected chi connectivity index (χ3v) is 2.83. The van der Waals surface area contributed by atoms with E-state index in [2.05, 4.69) is 4.99 Å². The number of benzene rings is 1. The number of carbonyl (C=O) groups is 1. The molecule has 78 valence electrons. The van der Waals surface area contributed by atoms with E-state index in [1.165, 1.54) is 0 Å². The fraction of sp³-hybridized carbons (Fsp3) is 0.0769. The summed E-state index contributed by atoms with van der Waals surface area (Å²) in [6.45, 7) is 1.84. The number of para-hydroxylation sites is 1. The van der Waals surface area contributed by atoms with Crippen LogP contribution in [0.3, 0.4) is 0 Å². The topological polar surface area (TPSA) is 32.7 Å². The summed E-state index contributed by atoms with van der Waals surface area (Å²) in [4.78, 5) is 18.0. The minimum absolute atomic E-state index is 0.0179. The molecule has 0 saturated carbocycles.